The molecule has 0 heterocycles. The first-order valence-corrected chi connectivity index (χ1v) is 11.7. The summed E-state index contributed by atoms with van der Waals surface area (Å²) in [5.74, 6) is -1.49. The van der Waals surface area contributed by atoms with E-state index in [0.717, 1.165) is 35.1 Å². The third-order valence-corrected chi connectivity index (χ3v) is 6.31. The van der Waals surface area contributed by atoms with Crippen molar-refractivity contribution in [3.8, 4) is 11.1 Å². The summed E-state index contributed by atoms with van der Waals surface area (Å²) < 4.78 is 11.1. The number of amides is 2. The third kappa shape index (κ3) is 5.56. The monoisotopic (exact) mass is 466 g/mol. The van der Waals surface area contributed by atoms with Gasteiger partial charge in [-0.25, -0.2) is 9.59 Å². The van der Waals surface area contributed by atoms with E-state index in [9.17, 15) is 19.5 Å². The van der Waals surface area contributed by atoms with Gasteiger partial charge in [0.05, 0.1) is 12.5 Å². The minimum atomic E-state index is -1.03. The number of hydrogen-bond acceptors (Lipinski definition) is 5. The van der Waals surface area contributed by atoms with Gasteiger partial charge in [-0.15, -0.1) is 0 Å². The molecule has 8 nitrogen and oxygen atoms in total. The van der Waals surface area contributed by atoms with Crippen LogP contribution in [0.3, 0.4) is 0 Å². The highest BCUT2D eigenvalue weighted by Crippen LogP contribution is 2.44. The maximum Gasteiger partial charge on any atom is 0.407 e. The molecular formula is C26H30N2O6. The topological polar surface area (TPSA) is 114 Å². The van der Waals surface area contributed by atoms with E-state index in [1.165, 1.54) is 0 Å². The fraction of sp³-hybridized carbons (Fsp3) is 0.423. The zero-order chi connectivity index (χ0) is 24.1. The molecule has 2 aromatic carbocycles. The second-order valence-electron chi connectivity index (χ2n) is 8.71. The second-order valence-corrected chi connectivity index (χ2v) is 8.71. The quantitative estimate of drug-likeness (QED) is 0.468. The van der Waals surface area contributed by atoms with E-state index in [1.54, 1.807) is 6.92 Å². The van der Waals surface area contributed by atoms with Crippen LogP contribution in [0, 0.1) is 5.92 Å². The van der Waals surface area contributed by atoms with Crippen molar-refractivity contribution in [2.45, 2.75) is 44.2 Å². The average molecular weight is 467 g/mol. The van der Waals surface area contributed by atoms with E-state index in [2.05, 4.69) is 34.9 Å². The highest BCUT2D eigenvalue weighted by molar-refractivity contribution is 5.84. The highest BCUT2D eigenvalue weighted by atomic mass is 16.5. The van der Waals surface area contributed by atoms with Crippen molar-refractivity contribution in [3.05, 3.63) is 59.7 Å². The summed E-state index contributed by atoms with van der Waals surface area (Å²) >= 11 is 0. The number of ether oxygens (including phenoxy) is 2. The number of aliphatic carboxylic acids is 1. The molecule has 2 amide bonds. The number of fused-ring (bicyclic) bond motifs is 3. The summed E-state index contributed by atoms with van der Waals surface area (Å²) in [7, 11) is 0. The lowest BCUT2D eigenvalue weighted by Gasteiger charge is -2.20. The van der Waals surface area contributed by atoms with Crippen LogP contribution >= 0.6 is 0 Å². The van der Waals surface area contributed by atoms with E-state index in [0.29, 0.717) is 6.61 Å². The van der Waals surface area contributed by atoms with Crippen LogP contribution in [0.5, 0.6) is 0 Å². The fourth-order valence-corrected chi connectivity index (χ4v) is 4.52. The van der Waals surface area contributed by atoms with Gasteiger partial charge < -0.3 is 25.2 Å². The lowest BCUT2D eigenvalue weighted by molar-refractivity contribution is -0.142. The van der Waals surface area contributed by atoms with Crippen molar-refractivity contribution < 1.29 is 29.0 Å². The lowest BCUT2D eigenvalue weighted by atomic mass is 9.98. The number of nitrogens with one attached hydrogen (secondary N) is 2. The Labute approximate surface area is 198 Å². The van der Waals surface area contributed by atoms with Gasteiger partial charge in [0.15, 0.2) is 0 Å². The molecule has 1 saturated carbocycles. The van der Waals surface area contributed by atoms with E-state index in [-0.39, 0.29) is 31.4 Å². The zero-order valence-electron chi connectivity index (χ0n) is 19.2. The summed E-state index contributed by atoms with van der Waals surface area (Å²) in [6.45, 7) is 2.43. The average Bonchev–Trinajstić information content (AvgIpc) is 3.62. The SMILES string of the molecule is CCOC(CNC(=O)OCC1c2ccccc2-c2ccccc21)CC(=O)NC(C(=O)O)C1CC1. The van der Waals surface area contributed by atoms with Crippen LogP contribution in [0.15, 0.2) is 48.5 Å². The number of hydrogen-bond donors (Lipinski definition) is 3. The Morgan fingerprint density at radius 1 is 1.03 bits per heavy atom. The molecule has 2 aromatic rings. The van der Waals surface area contributed by atoms with Gasteiger partial charge in [-0.2, -0.15) is 0 Å². The van der Waals surface area contributed by atoms with Gasteiger partial charge in [-0.3, -0.25) is 4.79 Å². The first kappa shape index (κ1) is 23.8. The van der Waals surface area contributed by atoms with Crippen molar-refractivity contribution >= 4 is 18.0 Å². The molecule has 34 heavy (non-hydrogen) atoms. The van der Waals surface area contributed by atoms with Crippen molar-refractivity contribution in [2.75, 3.05) is 19.8 Å². The molecule has 0 saturated heterocycles. The van der Waals surface area contributed by atoms with Crippen molar-refractivity contribution in [3.63, 3.8) is 0 Å². The first-order chi connectivity index (χ1) is 16.5. The molecule has 2 aliphatic carbocycles. The molecule has 0 aromatic heterocycles. The molecule has 0 bridgehead atoms. The van der Waals surface area contributed by atoms with Crippen LogP contribution in [-0.2, 0) is 19.1 Å². The smallest absolute Gasteiger partial charge is 0.407 e. The van der Waals surface area contributed by atoms with Crippen molar-refractivity contribution in [1.29, 1.82) is 0 Å². The molecular weight excluding hydrogens is 436 g/mol. The summed E-state index contributed by atoms with van der Waals surface area (Å²) in [5, 5.41) is 14.5. The summed E-state index contributed by atoms with van der Waals surface area (Å²) in [6, 6.07) is 15.3. The molecule has 0 radical (unpaired) electrons. The second kappa shape index (κ2) is 10.7. The first-order valence-electron chi connectivity index (χ1n) is 11.7. The van der Waals surface area contributed by atoms with Gasteiger partial charge in [-0.1, -0.05) is 48.5 Å². The number of carboxylic acids is 1. The van der Waals surface area contributed by atoms with Crippen LogP contribution in [-0.4, -0.2) is 55.0 Å². The van der Waals surface area contributed by atoms with Crippen molar-refractivity contribution in [2.24, 2.45) is 5.92 Å². The maximum absolute atomic E-state index is 12.4. The summed E-state index contributed by atoms with van der Waals surface area (Å²) in [4.78, 5) is 36.1. The molecule has 0 aliphatic heterocycles. The summed E-state index contributed by atoms with van der Waals surface area (Å²) in [5.41, 5.74) is 4.56. The van der Waals surface area contributed by atoms with Crippen LogP contribution in [0.2, 0.25) is 0 Å². The minimum Gasteiger partial charge on any atom is -0.480 e. The maximum atomic E-state index is 12.4. The zero-order valence-corrected chi connectivity index (χ0v) is 19.2. The number of carboxylic acid groups (broad SMARTS) is 1. The molecule has 2 aliphatic rings. The van der Waals surface area contributed by atoms with E-state index in [4.69, 9.17) is 9.47 Å². The van der Waals surface area contributed by atoms with Gasteiger partial charge in [0, 0.05) is 19.1 Å². The molecule has 180 valence electrons. The largest absolute Gasteiger partial charge is 0.480 e. The van der Waals surface area contributed by atoms with Gasteiger partial charge >= 0.3 is 12.1 Å². The molecule has 1 fully saturated rings. The predicted octanol–water partition coefficient (Wildman–Crippen LogP) is 3.30. The molecule has 2 unspecified atom stereocenters. The number of rotatable bonds is 11. The third-order valence-electron chi connectivity index (χ3n) is 6.31. The van der Waals surface area contributed by atoms with Crippen LogP contribution < -0.4 is 10.6 Å². The molecule has 8 heteroatoms. The fourth-order valence-electron chi connectivity index (χ4n) is 4.52. The van der Waals surface area contributed by atoms with Crippen LogP contribution in [0.25, 0.3) is 11.1 Å². The normalized spacial score (nSPS) is 16.1. The Balaban J connectivity index is 1.28. The Kier molecular flexibility index (Phi) is 7.47. The Morgan fingerprint density at radius 3 is 2.21 bits per heavy atom. The van der Waals surface area contributed by atoms with E-state index in [1.807, 2.05) is 24.3 Å². The van der Waals surface area contributed by atoms with E-state index < -0.39 is 30.1 Å². The number of carbonyl (C=O) groups excluding carboxylic acids is 2. The summed E-state index contributed by atoms with van der Waals surface area (Å²) in [6.07, 6.45) is 0.381. The molecule has 4 rings (SSSR count). The Hall–Kier alpha value is -3.39. The highest BCUT2D eigenvalue weighted by Gasteiger charge is 2.37. The van der Waals surface area contributed by atoms with Gasteiger partial charge in [0.25, 0.3) is 0 Å². The van der Waals surface area contributed by atoms with Gasteiger partial charge in [0.1, 0.15) is 12.6 Å². The van der Waals surface area contributed by atoms with Crippen LogP contribution in [0.4, 0.5) is 4.79 Å². The van der Waals surface area contributed by atoms with Gasteiger partial charge in [0.2, 0.25) is 5.91 Å². The number of alkyl carbamates (subject to hydrolysis) is 1. The van der Waals surface area contributed by atoms with Crippen molar-refractivity contribution in [1.82, 2.24) is 10.6 Å². The standard InChI is InChI=1S/C26H30N2O6/c1-2-33-17(13-23(29)28-24(25(30)31)16-11-12-16)14-27-26(32)34-15-22-20-9-5-3-7-18(20)19-8-4-6-10-21(19)22/h3-10,16-17,22,24H,2,11-15H2,1H3,(H,27,32)(H,28,29)(H,30,31). The Bertz CT molecular complexity index is 1010. The van der Waals surface area contributed by atoms with E-state index >= 15 is 0 Å². The predicted molar refractivity (Wildman–Crippen MR) is 125 cm³/mol. The minimum absolute atomic E-state index is 0.00838. The Morgan fingerprint density at radius 2 is 1.65 bits per heavy atom. The lowest BCUT2D eigenvalue weighted by Crippen LogP contribution is -2.45. The number of benzene rings is 2. The van der Waals surface area contributed by atoms with Crippen LogP contribution in [0.1, 0.15) is 43.2 Å². The number of carbonyl (C=O) groups is 3. The molecule has 0 spiro atoms. The molecule has 2 atom stereocenters. The van der Waals surface area contributed by atoms with Gasteiger partial charge in [-0.05, 0) is 47.9 Å². The molecule has 3 N–H and O–H groups in total.